The fourth-order valence-corrected chi connectivity index (χ4v) is 1.08. The van der Waals surface area contributed by atoms with Crippen LogP contribution in [0, 0.1) is 17.2 Å². The highest BCUT2D eigenvalue weighted by atomic mass is 16.3. The van der Waals surface area contributed by atoms with E-state index >= 15 is 0 Å². The SMILES string of the molecule is C=C(CC)CC(CO)CCC#N. The monoisotopic (exact) mass is 167 g/mol. The summed E-state index contributed by atoms with van der Waals surface area (Å²) in [4.78, 5) is 0. The van der Waals surface area contributed by atoms with Crippen LogP contribution in [0.4, 0.5) is 0 Å². The van der Waals surface area contributed by atoms with E-state index in [1.807, 2.05) is 0 Å². The van der Waals surface area contributed by atoms with Crippen molar-refractivity contribution in [2.24, 2.45) is 5.92 Å². The van der Waals surface area contributed by atoms with Crippen LogP contribution in [0.2, 0.25) is 0 Å². The van der Waals surface area contributed by atoms with Gasteiger partial charge >= 0.3 is 0 Å². The molecule has 1 atom stereocenters. The van der Waals surface area contributed by atoms with Crippen LogP contribution in [-0.4, -0.2) is 11.7 Å². The fourth-order valence-electron chi connectivity index (χ4n) is 1.08. The fraction of sp³-hybridized carbons (Fsp3) is 0.700. The van der Waals surface area contributed by atoms with Gasteiger partial charge in [-0.15, -0.1) is 0 Å². The van der Waals surface area contributed by atoms with Gasteiger partial charge in [0.2, 0.25) is 0 Å². The van der Waals surface area contributed by atoms with Crippen LogP contribution < -0.4 is 0 Å². The van der Waals surface area contributed by atoms with Crippen molar-refractivity contribution in [3.8, 4) is 6.07 Å². The summed E-state index contributed by atoms with van der Waals surface area (Å²) in [5, 5.41) is 17.3. The van der Waals surface area contributed by atoms with Gasteiger partial charge in [0, 0.05) is 13.0 Å². The van der Waals surface area contributed by atoms with Crippen molar-refractivity contribution in [2.45, 2.75) is 32.6 Å². The second-order valence-corrected chi connectivity index (χ2v) is 3.05. The van der Waals surface area contributed by atoms with Crippen molar-refractivity contribution < 1.29 is 5.11 Å². The summed E-state index contributed by atoms with van der Waals surface area (Å²) in [7, 11) is 0. The van der Waals surface area contributed by atoms with E-state index in [1.54, 1.807) is 0 Å². The predicted molar refractivity (Wildman–Crippen MR) is 49.5 cm³/mol. The van der Waals surface area contributed by atoms with E-state index in [1.165, 1.54) is 0 Å². The molecule has 0 bridgehead atoms. The second-order valence-electron chi connectivity index (χ2n) is 3.05. The van der Waals surface area contributed by atoms with Crippen LogP contribution in [0.1, 0.15) is 32.6 Å². The molecule has 2 nitrogen and oxygen atoms in total. The Kier molecular flexibility index (Phi) is 6.41. The Morgan fingerprint density at radius 3 is 2.75 bits per heavy atom. The number of nitriles is 1. The summed E-state index contributed by atoms with van der Waals surface area (Å²) in [6.45, 7) is 6.10. The maximum absolute atomic E-state index is 8.95. The lowest BCUT2D eigenvalue weighted by atomic mass is 9.95. The molecule has 0 aliphatic carbocycles. The normalized spacial score (nSPS) is 12.1. The summed E-state index contributed by atoms with van der Waals surface area (Å²) in [6, 6.07) is 2.08. The molecule has 0 rings (SSSR count). The number of nitrogens with zero attached hydrogens (tertiary/aromatic N) is 1. The Morgan fingerprint density at radius 2 is 2.33 bits per heavy atom. The van der Waals surface area contributed by atoms with Crippen LogP contribution in [0.5, 0.6) is 0 Å². The average molecular weight is 167 g/mol. The molecule has 12 heavy (non-hydrogen) atoms. The first-order valence-corrected chi connectivity index (χ1v) is 4.39. The molecule has 0 saturated carbocycles. The standard InChI is InChI=1S/C10H17NO/c1-3-9(2)7-10(8-12)5-4-6-11/h10,12H,2-5,7-8H2,1H3. The number of aliphatic hydroxyl groups is 1. The van der Waals surface area contributed by atoms with Crippen LogP contribution in [0.15, 0.2) is 12.2 Å². The molecule has 0 aliphatic heterocycles. The predicted octanol–water partition coefficient (Wildman–Crippen LogP) is 2.25. The summed E-state index contributed by atoms with van der Waals surface area (Å²) < 4.78 is 0. The smallest absolute Gasteiger partial charge is 0.0621 e. The second kappa shape index (κ2) is 6.87. The third-order valence-corrected chi connectivity index (χ3v) is 2.00. The maximum Gasteiger partial charge on any atom is 0.0621 e. The topological polar surface area (TPSA) is 44.0 Å². The Morgan fingerprint density at radius 1 is 1.67 bits per heavy atom. The molecule has 0 amide bonds. The molecular weight excluding hydrogens is 150 g/mol. The van der Waals surface area contributed by atoms with Gasteiger partial charge in [-0.25, -0.2) is 0 Å². The molecule has 0 aromatic rings. The highest BCUT2D eigenvalue weighted by Crippen LogP contribution is 2.16. The molecule has 0 heterocycles. The minimum Gasteiger partial charge on any atom is -0.396 e. The first kappa shape index (κ1) is 11.2. The molecule has 0 aromatic heterocycles. The van der Waals surface area contributed by atoms with Gasteiger partial charge < -0.3 is 5.11 Å². The Labute approximate surface area is 74.5 Å². The number of hydrogen-bond acceptors (Lipinski definition) is 2. The third kappa shape index (κ3) is 4.92. The number of hydrogen-bond donors (Lipinski definition) is 1. The van der Waals surface area contributed by atoms with Gasteiger partial charge in [0.25, 0.3) is 0 Å². The summed E-state index contributed by atoms with van der Waals surface area (Å²) in [6.07, 6.45) is 3.13. The van der Waals surface area contributed by atoms with Gasteiger partial charge in [-0.2, -0.15) is 5.26 Å². The Hall–Kier alpha value is -0.810. The first-order chi connectivity index (χ1) is 5.74. The Balaban J connectivity index is 3.68. The number of allylic oxidation sites excluding steroid dienone is 1. The Bertz CT molecular complexity index is 169. The van der Waals surface area contributed by atoms with Crippen molar-refractivity contribution in [1.29, 1.82) is 5.26 Å². The van der Waals surface area contributed by atoms with Crippen molar-refractivity contribution in [2.75, 3.05) is 6.61 Å². The van der Waals surface area contributed by atoms with Crippen molar-refractivity contribution in [1.82, 2.24) is 0 Å². The van der Waals surface area contributed by atoms with E-state index in [0.29, 0.717) is 6.42 Å². The molecule has 0 fully saturated rings. The average Bonchev–Trinajstić information content (AvgIpc) is 2.11. The lowest BCUT2D eigenvalue weighted by Gasteiger charge is -2.12. The van der Waals surface area contributed by atoms with Gasteiger partial charge in [0.05, 0.1) is 6.07 Å². The largest absolute Gasteiger partial charge is 0.396 e. The van der Waals surface area contributed by atoms with E-state index in [0.717, 1.165) is 24.8 Å². The molecular formula is C10H17NO. The van der Waals surface area contributed by atoms with E-state index in [9.17, 15) is 0 Å². The van der Waals surface area contributed by atoms with Gasteiger partial charge in [0.1, 0.15) is 0 Å². The lowest BCUT2D eigenvalue weighted by molar-refractivity contribution is 0.218. The minimum absolute atomic E-state index is 0.167. The molecule has 68 valence electrons. The summed E-state index contributed by atoms with van der Waals surface area (Å²) in [5.41, 5.74) is 1.16. The van der Waals surface area contributed by atoms with Crippen LogP contribution in [-0.2, 0) is 0 Å². The van der Waals surface area contributed by atoms with Crippen molar-refractivity contribution >= 4 is 0 Å². The molecule has 0 saturated heterocycles. The summed E-state index contributed by atoms with van der Waals surface area (Å²) >= 11 is 0. The molecule has 1 N–H and O–H groups in total. The zero-order valence-corrected chi connectivity index (χ0v) is 7.71. The quantitative estimate of drug-likeness (QED) is 0.617. The van der Waals surface area contributed by atoms with E-state index in [4.69, 9.17) is 10.4 Å². The van der Waals surface area contributed by atoms with Gasteiger partial charge in [-0.1, -0.05) is 19.1 Å². The lowest BCUT2D eigenvalue weighted by Crippen LogP contribution is -2.06. The third-order valence-electron chi connectivity index (χ3n) is 2.00. The van der Waals surface area contributed by atoms with E-state index in [-0.39, 0.29) is 12.5 Å². The van der Waals surface area contributed by atoms with Crippen LogP contribution >= 0.6 is 0 Å². The molecule has 0 aromatic carbocycles. The zero-order valence-electron chi connectivity index (χ0n) is 7.71. The summed E-state index contributed by atoms with van der Waals surface area (Å²) in [5.74, 6) is 0.233. The molecule has 0 aliphatic rings. The highest BCUT2D eigenvalue weighted by Gasteiger charge is 2.07. The van der Waals surface area contributed by atoms with E-state index < -0.39 is 0 Å². The molecule has 2 heteroatoms. The first-order valence-electron chi connectivity index (χ1n) is 4.39. The van der Waals surface area contributed by atoms with Gasteiger partial charge in [0.15, 0.2) is 0 Å². The molecule has 0 radical (unpaired) electrons. The van der Waals surface area contributed by atoms with Crippen LogP contribution in [0.25, 0.3) is 0 Å². The minimum atomic E-state index is 0.167. The van der Waals surface area contributed by atoms with Crippen molar-refractivity contribution in [3.05, 3.63) is 12.2 Å². The highest BCUT2D eigenvalue weighted by molar-refractivity contribution is 4.94. The van der Waals surface area contributed by atoms with Crippen LogP contribution in [0.3, 0.4) is 0 Å². The van der Waals surface area contributed by atoms with Gasteiger partial charge in [-0.3, -0.25) is 0 Å². The zero-order chi connectivity index (χ0) is 9.40. The molecule has 0 spiro atoms. The maximum atomic E-state index is 8.95. The van der Waals surface area contributed by atoms with Crippen molar-refractivity contribution in [3.63, 3.8) is 0 Å². The van der Waals surface area contributed by atoms with E-state index in [2.05, 4.69) is 19.6 Å². The number of aliphatic hydroxyl groups excluding tert-OH is 1. The molecule has 1 unspecified atom stereocenters. The number of rotatable bonds is 6. The van der Waals surface area contributed by atoms with Gasteiger partial charge in [-0.05, 0) is 25.2 Å².